The molecule has 96 valence electrons. The topological polar surface area (TPSA) is 46.2 Å². The van der Waals surface area contributed by atoms with Crippen molar-refractivity contribution in [3.05, 3.63) is 44.7 Å². The molecule has 0 saturated carbocycles. The van der Waals surface area contributed by atoms with E-state index >= 15 is 0 Å². The lowest BCUT2D eigenvalue weighted by Gasteiger charge is -2.07. The van der Waals surface area contributed by atoms with E-state index in [-0.39, 0.29) is 4.21 Å². The Bertz CT molecular complexity index is 663. The molecule has 2 aromatic rings. The summed E-state index contributed by atoms with van der Waals surface area (Å²) >= 11 is 10.4. The molecule has 18 heavy (non-hydrogen) atoms. The Balaban J connectivity index is 2.36. The van der Waals surface area contributed by atoms with E-state index in [9.17, 15) is 8.42 Å². The number of rotatable bonds is 3. The Morgan fingerprint density at radius 3 is 2.56 bits per heavy atom. The van der Waals surface area contributed by atoms with Crippen LogP contribution < -0.4 is 4.72 Å². The van der Waals surface area contributed by atoms with Crippen molar-refractivity contribution in [2.75, 3.05) is 4.72 Å². The number of anilines is 1. The third-order valence-electron chi connectivity index (χ3n) is 2.22. The van der Waals surface area contributed by atoms with E-state index in [1.807, 2.05) is 6.92 Å². The molecule has 0 aliphatic heterocycles. The number of nitrogens with one attached hydrogen (secondary N) is 1. The van der Waals surface area contributed by atoms with E-state index in [0.717, 1.165) is 9.35 Å². The molecule has 0 spiro atoms. The predicted molar refractivity (Wildman–Crippen MR) is 79.0 cm³/mol. The van der Waals surface area contributed by atoms with Gasteiger partial charge in [-0.05, 0) is 46.6 Å². The van der Waals surface area contributed by atoms with Gasteiger partial charge in [-0.3, -0.25) is 4.72 Å². The van der Waals surface area contributed by atoms with Crippen molar-refractivity contribution in [1.82, 2.24) is 0 Å². The largest absolute Gasteiger partial charge is 0.277 e. The summed E-state index contributed by atoms with van der Waals surface area (Å²) in [6.45, 7) is 1.84. The van der Waals surface area contributed by atoms with Gasteiger partial charge in [0.25, 0.3) is 10.0 Å². The molecule has 0 fully saturated rings. The SMILES string of the molecule is Cc1cc(S(=O)(=O)Nc2ccccc2Cl)sc1Br. The average Bonchev–Trinajstić information content (AvgIpc) is 2.63. The fourth-order valence-corrected chi connectivity index (χ4v) is 4.85. The molecular formula is C11H9BrClNO2S2. The van der Waals surface area contributed by atoms with Gasteiger partial charge in [0.2, 0.25) is 0 Å². The van der Waals surface area contributed by atoms with Gasteiger partial charge in [0, 0.05) is 0 Å². The van der Waals surface area contributed by atoms with Crippen molar-refractivity contribution < 1.29 is 8.42 Å². The van der Waals surface area contributed by atoms with Crippen molar-refractivity contribution in [3.8, 4) is 0 Å². The fraction of sp³-hybridized carbons (Fsp3) is 0.0909. The number of aryl methyl sites for hydroxylation is 1. The minimum Gasteiger partial charge on any atom is -0.277 e. The van der Waals surface area contributed by atoms with Crippen LogP contribution in [-0.2, 0) is 10.0 Å². The van der Waals surface area contributed by atoms with Crippen LogP contribution in [0.2, 0.25) is 5.02 Å². The van der Waals surface area contributed by atoms with Crippen LogP contribution in [0, 0.1) is 6.92 Å². The van der Waals surface area contributed by atoms with Crippen molar-refractivity contribution in [1.29, 1.82) is 0 Å². The normalized spacial score (nSPS) is 11.5. The van der Waals surface area contributed by atoms with Crippen LogP contribution in [0.5, 0.6) is 0 Å². The molecule has 0 atom stereocenters. The van der Waals surface area contributed by atoms with Gasteiger partial charge >= 0.3 is 0 Å². The summed E-state index contributed by atoms with van der Waals surface area (Å²) < 4.78 is 27.8. The molecule has 0 saturated heterocycles. The van der Waals surface area contributed by atoms with Gasteiger partial charge in [0.05, 0.1) is 14.5 Å². The van der Waals surface area contributed by atoms with Gasteiger partial charge in [-0.1, -0.05) is 23.7 Å². The standard InChI is InChI=1S/C11H9BrClNO2S2/c1-7-6-10(17-11(7)12)18(15,16)14-9-5-3-2-4-8(9)13/h2-6,14H,1H3. The molecule has 0 aliphatic rings. The van der Waals surface area contributed by atoms with Gasteiger partial charge in [0.1, 0.15) is 4.21 Å². The highest BCUT2D eigenvalue weighted by atomic mass is 79.9. The second-order valence-electron chi connectivity index (χ2n) is 3.61. The Kier molecular flexibility index (Phi) is 4.01. The van der Waals surface area contributed by atoms with E-state index in [2.05, 4.69) is 20.7 Å². The van der Waals surface area contributed by atoms with Gasteiger partial charge in [-0.2, -0.15) is 0 Å². The van der Waals surface area contributed by atoms with Crippen LogP contribution in [0.4, 0.5) is 5.69 Å². The van der Waals surface area contributed by atoms with Crippen LogP contribution in [-0.4, -0.2) is 8.42 Å². The van der Waals surface area contributed by atoms with E-state index < -0.39 is 10.0 Å². The minimum absolute atomic E-state index is 0.256. The predicted octanol–water partition coefficient (Wildman–Crippen LogP) is 4.27. The highest BCUT2D eigenvalue weighted by Gasteiger charge is 2.19. The lowest BCUT2D eigenvalue weighted by molar-refractivity contribution is 0.603. The molecule has 0 aliphatic carbocycles. The number of thiophene rings is 1. The van der Waals surface area contributed by atoms with Crippen LogP contribution in [0.25, 0.3) is 0 Å². The number of hydrogen-bond donors (Lipinski definition) is 1. The minimum atomic E-state index is -3.58. The van der Waals surface area contributed by atoms with Crippen molar-refractivity contribution >= 4 is 54.6 Å². The van der Waals surface area contributed by atoms with Crippen LogP contribution in [0.3, 0.4) is 0 Å². The maximum atomic E-state index is 12.1. The van der Waals surface area contributed by atoms with E-state index in [1.54, 1.807) is 30.3 Å². The van der Waals surface area contributed by atoms with Crippen LogP contribution in [0.1, 0.15) is 5.56 Å². The summed E-state index contributed by atoms with van der Waals surface area (Å²) in [5.74, 6) is 0. The van der Waals surface area contributed by atoms with E-state index in [4.69, 9.17) is 11.6 Å². The molecule has 0 unspecified atom stereocenters. The Morgan fingerprint density at radius 2 is 2.00 bits per heavy atom. The highest BCUT2D eigenvalue weighted by Crippen LogP contribution is 2.32. The summed E-state index contributed by atoms with van der Waals surface area (Å²) in [6, 6.07) is 8.34. The molecule has 1 heterocycles. The lowest BCUT2D eigenvalue weighted by Crippen LogP contribution is -2.11. The summed E-state index contributed by atoms with van der Waals surface area (Å²) in [4.78, 5) is 0. The quantitative estimate of drug-likeness (QED) is 0.881. The van der Waals surface area contributed by atoms with Crippen LogP contribution in [0.15, 0.2) is 38.3 Å². The summed E-state index contributed by atoms with van der Waals surface area (Å²) in [5.41, 5.74) is 1.26. The van der Waals surface area contributed by atoms with Gasteiger partial charge in [-0.25, -0.2) is 8.42 Å². The molecule has 7 heteroatoms. The third kappa shape index (κ3) is 2.88. The maximum Gasteiger partial charge on any atom is 0.271 e. The monoisotopic (exact) mass is 365 g/mol. The Hall–Kier alpha value is -0.560. The van der Waals surface area contributed by atoms with Crippen molar-refractivity contribution in [2.24, 2.45) is 0 Å². The molecular weight excluding hydrogens is 358 g/mol. The Morgan fingerprint density at radius 1 is 1.33 bits per heavy atom. The van der Waals surface area contributed by atoms with Gasteiger partial charge < -0.3 is 0 Å². The van der Waals surface area contributed by atoms with E-state index in [0.29, 0.717) is 10.7 Å². The fourth-order valence-electron chi connectivity index (χ4n) is 1.30. The Labute approximate surface area is 123 Å². The molecule has 0 bridgehead atoms. The van der Waals surface area contributed by atoms with Crippen molar-refractivity contribution in [2.45, 2.75) is 11.1 Å². The maximum absolute atomic E-state index is 12.1. The zero-order valence-electron chi connectivity index (χ0n) is 9.28. The first kappa shape index (κ1) is 13.9. The molecule has 0 radical (unpaired) electrons. The summed E-state index contributed by atoms with van der Waals surface area (Å²) in [5, 5.41) is 0.369. The molecule has 1 N–H and O–H groups in total. The average molecular weight is 367 g/mol. The lowest BCUT2D eigenvalue weighted by atomic mass is 10.3. The van der Waals surface area contributed by atoms with Gasteiger partial charge in [0.15, 0.2) is 0 Å². The number of benzene rings is 1. The molecule has 2 rings (SSSR count). The zero-order chi connectivity index (χ0) is 13.3. The first-order valence-corrected chi connectivity index (χ1v) is 8.40. The molecule has 3 nitrogen and oxygen atoms in total. The first-order chi connectivity index (χ1) is 8.40. The smallest absolute Gasteiger partial charge is 0.271 e. The third-order valence-corrected chi connectivity index (χ3v) is 6.52. The molecule has 1 aromatic carbocycles. The zero-order valence-corrected chi connectivity index (χ0v) is 13.3. The molecule has 1 aromatic heterocycles. The van der Waals surface area contributed by atoms with Crippen LogP contribution >= 0.6 is 38.9 Å². The molecule has 0 amide bonds. The summed E-state index contributed by atoms with van der Waals surface area (Å²) in [6.07, 6.45) is 0. The second-order valence-corrected chi connectivity index (χ2v) is 8.29. The van der Waals surface area contributed by atoms with E-state index in [1.165, 1.54) is 11.3 Å². The first-order valence-electron chi connectivity index (χ1n) is 4.93. The number of para-hydroxylation sites is 1. The number of hydrogen-bond acceptors (Lipinski definition) is 3. The highest BCUT2D eigenvalue weighted by molar-refractivity contribution is 9.11. The second kappa shape index (κ2) is 5.21. The van der Waals surface area contributed by atoms with Gasteiger partial charge in [-0.15, -0.1) is 11.3 Å². The number of halogens is 2. The number of sulfonamides is 1. The van der Waals surface area contributed by atoms with Crippen molar-refractivity contribution in [3.63, 3.8) is 0 Å². The summed E-state index contributed by atoms with van der Waals surface area (Å²) in [7, 11) is -3.58.